The summed E-state index contributed by atoms with van der Waals surface area (Å²) in [6.45, 7) is -0.668. The predicted octanol–water partition coefficient (Wildman–Crippen LogP) is 1.93. The highest BCUT2D eigenvalue weighted by molar-refractivity contribution is 5.78. The minimum atomic E-state index is -1.88. The minimum absolute atomic E-state index is 0.255. The van der Waals surface area contributed by atoms with Crippen molar-refractivity contribution in [2.24, 2.45) is 0 Å². The molecule has 2 aliphatic heterocycles. The number of hydrogen-bond donors (Lipinski definition) is 1. The second kappa shape index (κ2) is 6.16. The first-order valence-corrected chi connectivity index (χ1v) is 7.50. The maximum atomic E-state index is 12.6. The summed E-state index contributed by atoms with van der Waals surface area (Å²) >= 11 is 0. The van der Waals surface area contributed by atoms with Crippen LogP contribution in [0.3, 0.4) is 0 Å². The van der Waals surface area contributed by atoms with E-state index in [9.17, 15) is 9.90 Å². The van der Waals surface area contributed by atoms with Crippen LogP contribution >= 0.6 is 0 Å². The number of aliphatic hydroxyl groups is 1. The molecule has 3 unspecified atom stereocenters. The van der Waals surface area contributed by atoms with Crippen molar-refractivity contribution in [2.75, 3.05) is 13.7 Å². The fourth-order valence-corrected chi connectivity index (χ4v) is 3.38. The average molecular weight is 291 g/mol. The molecule has 1 aromatic carbocycles. The zero-order valence-corrected chi connectivity index (χ0v) is 12.3. The Balaban J connectivity index is 1.78. The summed E-state index contributed by atoms with van der Waals surface area (Å²) in [5.41, 5.74) is 0.381. The fraction of sp³-hybridized carbons (Fsp3) is 0.588. The second-order valence-corrected chi connectivity index (χ2v) is 5.89. The number of carbonyl (C=O) groups excluding carboxylic acids is 1. The predicted molar refractivity (Wildman–Crippen MR) is 80.0 cm³/mol. The minimum Gasteiger partial charge on any atom is -0.462 e. The molecule has 2 fully saturated rings. The first kappa shape index (κ1) is 12.2. The molecule has 4 heteroatoms. The van der Waals surface area contributed by atoms with Crippen molar-refractivity contribution in [3.05, 3.63) is 35.9 Å². The van der Waals surface area contributed by atoms with Gasteiger partial charge in [-0.3, -0.25) is 4.79 Å². The van der Waals surface area contributed by atoms with E-state index in [0.717, 1.165) is 12.8 Å². The Kier molecular flexibility index (Phi) is 3.57. The van der Waals surface area contributed by atoms with E-state index in [0.29, 0.717) is 18.4 Å². The maximum absolute atomic E-state index is 12.6. The van der Waals surface area contributed by atoms with Gasteiger partial charge >= 0.3 is 5.97 Å². The Bertz CT molecular complexity index is 568. The van der Waals surface area contributed by atoms with Crippen molar-refractivity contribution in [1.82, 2.24) is 4.90 Å². The van der Waals surface area contributed by atoms with E-state index in [1.807, 2.05) is 0 Å². The lowest BCUT2D eigenvalue weighted by atomic mass is 9.98. The van der Waals surface area contributed by atoms with Gasteiger partial charge in [-0.2, -0.15) is 0 Å². The lowest BCUT2D eigenvalue weighted by Crippen LogP contribution is -2.43. The number of piperidine rings is 1. The molecule has 0 saturated carbocycles. The van der Waals surface area contributed by atoms with Gasteiger partial charge in [-0.05, 0) is 38.3 Å². The van der Waals surface area contributed by atoms with Crippen molar-refractivity contribution in [3.63, 3.8) is 0 Å². The van der Waals surface area contributed by atoms with Crippen molar-refractivity contribution in [3.8, 4) is 0 Å². The second-order valence-electron chi connectivity index (χ2n) is 5.89. The van der Waals surface area contributed by atoms with Crippen LogP contribution < -0.4 is 0 Å². The number of esters is 1. The highest BCUT2D eigenvalue weighted by atomic mass is 16.5. The van der Waals surface area contributed by atoms with Crippen LogP contribution in [-0.2, 0) is 9.53 Å². The van der Waals surface area contributed by atoms with E-state index >= 15 is 0 Å². The molecule has 1 N–H and O–H groups in total. The lowest BCUT2D eigenvalue weighted by molar-refractivity contribution is -0.155. The molecule has 114 valence electrons. The molecule has 4 nitrogen and oxygen atoms in total. The first-order valence-electron chi connectivity index (χ1n) is 8.50. The van der Waals surface area contributed by atoms with Gasteiger partial charge in [0.25, 0.3) is 0 Å². The summed E-state index contributed by atoms with van der Waals surface area (Å²) in [5.74, 6) is -2.72. The van der Waals surface area contributed by atoms with Gasteiger partial charge in [0.1, 0.15) is 12.0 Å². The summed E-state index contributed by atoms with van der Waals surface area (Å²) < 4.78 is 22.4. The third-order valence-corrected chi connectivity index (χ3v) is 4.68. The van der Waals surface area contributed by atoms with Crippen LogP contribution in [0, 0.1) is 0 Å². The van der Waals surface area contributed by atoms with Crippen LogP contribution in [0.2, 0.25) is 0 Å². The SMILES string of the molecule is [2H]C1(OC(=O)C([2H])(CO)c2ccccc2)CC2CC[C@H](C1)N2C. The summed E-state index contributed by atoms with van der Waals surface area (Å²) in [6.07, 6.45) is 1.66. The maximum Gasteiger partial charge on any atom is 0.316 e. The molecular formula is C17H23NO3. The molecule has 0 amide bonds. The smallest absolute Gasteiger partial charge is 0.316 e. The monoisotopic (exact) mass is 291 g/mol. The molecule has 2 bridgehead atoms. The standard InChI is InChI=1S/C17H23NO3/c1-18-13-7-8-14(18)10-15(9-13)21-17(20)16(11-19)12-5-3-2-4-6-12/h2-6,13-16,19H,7-11H2,1H3/t13-,14?,15?,16?/m1/s1/i15D,16D. The topological polar surface area (TPSA) is 49.8 Å². The zero-order valence-electron chi connectivity index (χ0n) is 14.3. The zero-order chi connectivity index (χ0) is 16.7. The van der Waals surface area contributed by atoms with E-state index < -0.39 is 24.6 Å². The molecule has 0 radical (unpaired) electrons. The van der Waals surface area contributed by atoms with Crippen molar-refractivity contribution < 1.29 is 17.4 Å². The molecule has 0 spiro atoms. The van der Waals surface area contributed by atoms with Gasteiger partial charge in [-0.15, -0.1) is 0 Å². The molecule has 0 aliphatic carbocycles. The molecule has 4 atom stereocenters. The Morgan fingerprint density at radius 1 is 1.43 bits per heavy atom. The van der Waals surface area contributed by atoms with Crippen molar-refractivity contribution >= 4 is 5.97 Å². The Labute approximate surface area is 128 Å². The number of hydrogen-bond acceptors (Lipinski definition) is 4. The molecule has 3 rings (SSSR count). The molecule has 2 aliphatic rings. The van der Waals surface area contributed by atoms with Crippen LogP contribution in [0.4, 0.5) is 0 Å². The molecule has 0 aromatic heterocycles. The number of rotatable bonds is 4. The van der Waals surface area contributed by atoms with E-state index in [2.05, 4.69) is 11.9 Å². The van der Waals surface area contributed by atoms with E-state index in [1.54, 1.807) is 30.3 Å². The van der Waals surface area contributed by atoms with Gasteiger partial charge in [0, 0.05) is 13.5 Å². The number of nitrogens with zero attached hydrogens (tertiary/aromatic N) is 1. The van der Waals surface area contributed by atoms with Gasteiger partial charge in [0.2, 0.25) is 0 Å². The van der Waals surface area contributed by atoms with Crippen LogP contribution in [0.25, 0.3) is 0 Å². The lowest BCUT2D eigenvalue weighted by Gasteiger charge is -2.36. The molecule has 2 heterocycles. The van der Waals surface area contributed by atoms with E-state index in [-0.39, 0.29) is 12.1 Å². The van der Waals surface area contributed by atoms with E-state index in [4.69, 9.17) is 7.48 Å². The Morgan fingerprint density at radius 2 is 2.05 bits per heavy atom. The first-order chi connectivity index (χ1) is 10.9. The van der Waals surface area contributed by atoms with E-state index in [1.165, 1.54) is 0 Å². The summed E-state index contributed by atoms with van der Waals surface area (Å²) in [7, 11) is 2.05. The van der Waals surface area contributed by atoms with Gasteiger partial charge in [-0.1, -0.05) is 30.3 Å². The van der Waals surface area contributed by atoms with Crippen molar-refractivity contribution in [1.29, 1.82) is 0 Å². The largest absolute Gasteiger partial charge is 0.462 e. The number of ether oxygens (including phenoxy) is 1. The van der Waals surface area contributed by atoms with Gasteiger partial charge < -0.3 is 14.7 Å². The third-order valence-electron chi connectivity index (χ3n) is 4.68. The number of carbonyl (C=O) groups is 1. The summed E-state index contributed by atoms with van der Waals surface area (Å²) in [4.78, 5) is 14.8. The fourth-order valence-electron chi connectivity index (χ4n) is 3.38. The number of benzene rings is 1. The highest BCUT2D eigenvalue weighted by Gasteiger charge is 2.40. The van der Waals surface area contributed by atoms with Crippen LogP contribution in [0.1, 0.15) is 39.9 Å². The van der Waals surface area contributed by atoms with Gasteiger partial charge in [0.15, 0.2) is 0 Å². The van der Waals surface area contributed by atoms with Crippen LogP contribution in [-0.4, -0.2) is 47.8 Å². The Hall–Kier alpha value is -1.39. The summed E-state index contributed by atoms with van der Waals surface area (Å²) in [6, 6.07) is 8.98. The molecule has 21 heavy (non-hydrogen) atoms. The summed E-state index contributed by atoms with van der Waals surface area (Å²) in [5, 5.41) is 9.62. The average Bonchev–Trinajstić information content (AvgIpc) is 2.77. The molecular weight excluding hydrogens is 266 g/mol. The normalized spacial score (nSPS) is 36.5. The van der Waals surface area contributed by atoms with Gasteiger partial charge in [0.05, 0.1) is 7.98 Å². The molecule has 2 saturated heterocycles. The molecule has 1 aromatic rings. The van der Waals surface area contributed by atoms with Gasteiger partial charge in [-0.25, -0.2) is 0 Å². The number of aliphatic hydroxyl groups excluding tert-OH is 1. The van der Waals surface area contributed by atoms with Crippen molar-refractivity contribution in [2.45, 2.75) is 49.7 Å². The number of fused-ring (bicyclic) bond motifs is 2. The van der Waals surface area contributed by atoms with Crippen LogP contribution in [0.5, 0.6) is 0 Å². The quantitative estimate of drug-likeness (QED) is 0.861. The Morgan fingerprint density at radius 3 is 2.62 bits per heavy atom. The third kappa shape index (κ3) is 2.97. The van der Waals surface area contributed by atoms with Crippen LogP contribution in [0.15, 0.2) is 30.3 Å². The highest BCUT2D eigenvalue weighted by Crippen LogP contribution is 2.36.